The zero-order valence-electron chi connectivity index (χ0n) is 6.20. The molecule has 0 aromatic carbocycles. The van der Waals surface area contributed by atoms with Gasteiger partial charge in [-0.1, -0.05) is 19.1 Å². The maximum absolute atomic E-state index is 4.08. The lowest BCUT2D eigenvalue weighted by atomic mass is 10.4. The number of allylic oxidation sites excluding steroid dienone is 2. The van der Waals surface area contributed by atoms with Gasteiger partial charge in [0, 0.05) is 6.21 Å². The third-order valence-corrected chi connectivity index (χ3v) is 1.25. The molecule has 0 aromatic heterocycles. The molecule has 0 heterocycles. The molecule has 0 amide bonds. The molecule has 0 fully saturated rings. The van der Waals surface area contributed by atoms with Crippen molar-refractivity contribution in [1.29, 1.82) is 0 Å². The molecular weight excluding hydrogens is 142 g/mol. The van der Waals surface area contributed by atoms with Gasteiger partial charge in [0.05, 0.1) is 0 Å². The summed E-state index contributed by atoms with van der Waals surface area (Å²) < 4.78 is 0. The Balaban J connectivity index is 3.54. The van der Waals surface area contributed by atoms with Gasteiger partial charge in [-0.25, -0.2) is 0 Å². The SMILES string of the molecule is C=C[C@H](S)N=C/C=C\CC. The quantitative estimate of drug-likeness (QED) is 0.364. The first-order valence-corrected chi connectivity index (χ1v) is 3.81. The monoisotopic (exact) mass is 155 g/mol. The third-order valence-electron chi connectivity index (χ3n) is 0.907. The average Bonchev–Trinajstić information content (AvgIpc) is 1.98. The lowest BCUT2D eigenvalue weighted by Gasteiger charge is -1.91. The Hall–Kier alpha value is -0.500. The maximum atomic E-state index is 4.08. The highest BCUT2D eigenvalue weighted by molar-refractivity contribution is 7.81. The van der Waals surface area contributed by atoms with Crippen molar-refractivity contribution < 1.29 is 0 Å². The normalized spacial score (nSPS) is 14.6. The summed E-state index contributed by atoms with van der Waals surface area (Å²) in [7, 11) is 0. The van der Waals surface area contributed by atoms with Crippen LogP contribution in [0.4, 0.5) is 0 Å². The predicted octanol–water partition coefficient (Wildman–Crippen LogP) is 2.47. The molecule has 0 unspecified atom stereocenters. The number of hydrogen-bond acceptors (Lipinski definition) is 2. The Morgan fingerprint density at radius 1 is 1.70 bits per heavy atom. The number of aliphatic imine (C=N–C) groups is 1. The fourth-order valence-electron chi connectivity index (χ4n) is 0.396. The van der Waals surface area contributed by atoms with E-state index in [4.69, 9.17) is 0 Å². The van der Waals surface area contributed by atoms with Crippen LogP contribution < -0.4 is 0 Å². The Morgan fingerprint density at radius 2 is 2.40 bits per heavy atom. The molecule has 2 heteroatoms. The van der Waals surface area contributed by atoms with Gasteiger partial charge >= 0.3 is 0 Å². The molecule has 0 N–H and O–H groups in total. The first-order valence-electron chi connectivity index (χ1n) is 3.30. The summed E-state index contributed by atoms with van der Waals surface area (Å²) in [6.07, 6.45) is 8.40. The highest BCUT2D eigenvalue weighted by Gasteiger charge is 1.84. The van der Waals surface area contributed by atoms with Gasteiger partial charge in [-0.05, 0) is 12.5 Å². The molecule has 56 valence electrons. The van der Waals surface area contributed by atoms with Crippen molar-refractivity contribution in [2.45, 2.75) is 18.7 Å². The van der Waals surface area contributed by atoms with Crippen molar-refractivity contribution in [3.05, 3.63) is 24.8 Å². The number of nitrogens with zero attached hydrogens (tertiary/aromatic N) is 1. The van der Waals surface area contributed by atoms with Gasteiger partial charge in [-0.15, -0.1) is 19.2 Å². The van der Waals surface area contributed by atoms with E-state index in [2.05, 4.69) is 31.1 Å². The van der Waals surface area contributed by atoms with Crippen molar-refractivity contribution in [2.75, 3.05) is 0 Å². The molecule has 0 aliphatic carbocycles. The van der Waals surface area contributed by atoms with Crippen LogP contribution in [0.1, 0.15) is 13.3 Å². The summed E-state index contributed by atoms with van der Waals surface area (Å²) in [5.41, 5.74) is 0. The van der Waals surface area contributed by atoms with Crippen molar-refractivity contribution >= 4 is 18.8 Å². The van der Waals surface area contributed by atoms with Gasteiger partial charge in [-0.2, -0.15) is 0 Å². The van der Waals surface area contributed by atoms with E-state index in [0.717, 1.165) is 6.42 Å². The molecule has 1 atom stereocenters. The molecule has 0 saturated heterocycles. The number of rotatable bonds is 4. The minimum Gasteiger partial charge on any atom is -0.275 e. The van der Waals surface area contributed by atoms with Gasteiger partial charge in [-0.3, -0.25) is 4.99 Å². The Morgan fingerprint density at radius 3 is 2.90 bits per heavy atom. The van der Waals surface area contributed by atoms with Gasteiger partial charge in [0.25, 0.3) is 0 Å². The largest absolute Gasteiger partial charge is 0.275 e. The molecule has 0 saturated carbocycles. The first-order chi connectivity index (χ1) is 4.81. The van der Waals surface area contributed by atoms with Crippen LogP contribution in [-0.4, -0.2) is 11.6 Å². The minimum absolute atomic E-state index is 0.0680. The fourth-order valence-corrected chi connectivity index (χ4v) is 0.473. The smallest absolute Gasteiger partial charge is 0.110 e. The van der Waals surface area contributed by atoms with Crippen LogP contribution in [0.15, 0.2) is 29.8 Å². The van der Waals surface area contributed by atoms with Crippen molar-refractivity contribution in [3.63, 3.8) is 0 Å². The standard InChI is InChI=1S/C8H13NS/c1-3-5-6-7-9-8(10)4-2/h4-8,10H,2-3H2,1H3/b6-5-,9-7?/t8-/m0/s1. The lowest BCUT2D eigenvalue weighted by Crippen LogP contribution is -1.84. The van der Waals surface area contributed by atoms with E-state index in [9.17, 15) is 0 Å². The third kappa shape index (κ3) is 5.63. The summed E-state index contributed by atoms with van der Waals surface area (Å²) in [6, 6.07) is 0. The molecule has 1 nitrogen and oxygen atoms in total. The van der Waals surface area contributed by atoms with Crippen LogP contribution in [0, 0.1) is 0 Å². The Bertz CT molecular complexity index is 138. The van der Waals surface area contributed by atoms with E-state index in [1.807, 2.05) is 12.2 Å². The minimum atomic E-state index is -0.0680. The van der Waals surface area contributed by atoms with Crippen molar-refractivity contribution in [3.8, 4) is 0 Å². The second kappa shape index (κ2) is 6.62. The number of thiol groups is 1. The van der Waals surface area contributed by atoms with Crippen LogP contribution in [0.25, 0.3) is 0 Å². The van der Waals surface area contributed by atoms with Crippen LogP contribution in [0.2, 0.25) is 0 Å². The highest BCUT2D eigenvalue weighted by Crippen LogP contribution is 1.95. The Labute approximate surface area is 68.0 Å². The van der Waals surface area contributed by atoms with Crippen molar-refractivity contribution in [1.82, 2.24) is 0 Å². The number of hydrogen-bond donors (Lipinski definition) is 1. The predicted molar refractivity (Wildman–Crippen MR) is 50.9 cm³/mol. The summed E-state index contributed by atoms with van der Waals surface area (Å²) in [6.45, 7) is 5.62. The molecule has 10 heavy (non-hydrogen) atoms. The van der Waals surface area contributed by atoms with Gasteiger partial charge in [0.1, 0.15) is 5.37 Å². The molecule has 0 aliphatic heterocycles. The average molecular weight is 155 g/mol. The van der Waals surface area contributed by atoms with E-state index < -0.39 is 0 Å². The van der Waals surface area contributed by atoms with E-state index >= 15 is 0 Å². The Kier molecular flexibility index (Phi) is 6.29. The zero-order valence-corrected chi connectivity index (χ0v) is 7.09. The van der Waals surface area contributed by atoms with Crippen LogP contribution >= 0.6 is 12.6 Å². The summed E-state index contributed by atoms with van der Waals surface area (Å²) >= 11 is 4.08. The second-order valence-corrected chi connectivity index (χ2v) is 2.31. The molecule has 0 rings (SSSR count). The van der Waals surface area contributed by atoms with Crippen LogP contribution in [-0.2, 0) is 0 Å². The summed E-state index contributed by atoms with van der Waals surface area (Å²) in [5.74, 6) is 0. The van der Waals surface area contributed by atoms with E-state index in [0.29, 0.717) is 0 Å². The molecule has 0 radical (unpaired) electrons. The maximum Gasteiger partial charge on any atom is 0.110 e. The van der Waals surface area contributed by atoms with Crippen molar-refractivity contribution in [2.24, 2.45) is 4.99 Å². The van der Waals surface area contributed by atoms with E-state index in [1.54, 1.807) is 12.3 Å². The zero-order chi connectivity index (χ0) is 7.82. The summed E-state index contributed by atoms with van der Waals surface area (Å²) in [5, 5.41) is -0.0680. The molecule has 0 aliphatic rings. The molecule has 0 spiro atoms. The molecular formula is C8H13NS. The van der Waals surface area contributed by atoms with Crippen LogP contribution in [0.3, 0.4) is 0 Å². The van der Waals surface area contributed by atoms with E-state index in [-0.39, 0.29) is 5.37 Å². The van der Waals surface area contributed by atoms with Crippen LogP contribution in [0.5, 0.6) is 0 Å². The second-order valence-electron chi connectivity index (χ2n) is 1.78. The van der Waals surface area contributed by atoms with E-state index in [1.165, 1.54) is 0 Å². The van der Waals surface area contributed by atoms with Gasteiger partial charge < -0.3 is 0 Å². The summed E-state index contributed by atoms with van der Waals surface area (Å²) in [4.78, 5) is 4.01. The molecule has 0 aromatic rings. The van der Waals surface area contributed by atoms with Gasteiger partial charge in [0.2, 0.25) is 0 Å². The molecule has 0 bridgehead atoms. The topological polar surface area (TPSA) is 12.4 Å². The first kappa shape index (κ1) is 9.50. The highest BCUT2D eigenvalue weighted by atomic mass is 32.1. The van der Waals surface area contributed by atoms with Gasteiger partial charge in [0.15, 0.2) is 0 Å². The fraction of sp³-hybridized carbons (Fsp3) is 0.375. The lowest BCUT2D eigenvalue weighted by molar-refractivity contribution is 1.18.